The number of H-pyrrole nitrogens is 1. The molecule has 4 aromatic heterocycles. The SMILES string of the molecule is c1cnc2nc[nH]c2c1.c1cnc2ncsc2c1. The van der Waals surface area contributed by atoms with Gasteiger partial charge in [0.2, 0.25) is 0 Å². The predicted molar refractivity (Wildman–Crippen MR) is 71.3 cm³/mol. The lowest BCUT2D eigenvalue weighted by Gasteiger charge is -1.80. The van der Waals surface area contributed by atoms with Crippen LogP contribution in [-0.4, -0.2) is 24.9 Å². The molecule has 0 aromatic carbocycles. The number of aromatic nitrogens is 5. The van der Waals surface area contributed by atoms with Crippen LogP contribution in [0.2, 0.25) is 0 Å². The zero-order valence-corrected chi connectivity index (χ0v) is 10.1. The van der Waals surface area contributed by atoms with Crippen molar-refractivity contribution in [3.63, 3.8) is 0 Å². The fourth-order valence-corrected chi connectivity index (χ4v) is 2.11. The minimum Gasteiger partial charge on any atom is -0.343 e. The highest BCUT2D eigenvalue weighted by atomic mass is 32.1. The van der Waals surface area contributed by atoms with E-state index in [4.69, 9.17) is 0 Å². The Kier molecular flexibility index (Phi) is 2.93. The third kappa shape index (κ3) is 2.18. The van der Waals surface area contributed by atoms with Crippen LogP contribution in [0.5, 0.6) is 0 Å². The highest BCUT2D eigenvalue weighted by Crippen LogP contribution is 2.12. The molecule has 0 saturated heterocycles. The lowest BCUT2D eigenvalue weighted by molar-refractivity contribution is 1.30. The molecule has 0 fully saturated rings. The Hall–Kier alpha value is -2.34. The Morgan fingerprint density at radius 2 is 1.72 bits per heavy atom. The molecular weight excluding hydrogens is 246 g/mol. The summed E-state index contributed by atoms with van der Waals surface area (Å²) >= 11 is 1.61. The summed E-state index contributed by atoms with van der Waals surface area (Å²) in [6.07, 6.45) is 5.11. The van der Waals surface area contributed by atoms with Crippen LogP contribution in [0.25, 0.3) is 21.5 Å². The van der Waals surface area contributed by atoms with Gasteiger partial charge in [-0.15, -0.1) is 11.3 Å². The van der Waals surface area contributed by atoms with Gasteiger partial charge in [0.25, 0.3) is 0 Å². The average Bonchev–Trinajstić information content (AvgIpc) is 3.08. The lowest BCUT2D eigenvalue weighted by Crippen LogP contribution is -1.71. The van der Waals surface area contributed by atoms with Gasteiger partial charge in [-0.25, -0.2) is 19.9 Å². The second kappa shape index (κ2) is 4.89. The summed E-state index contributed by atoms with van der Waals surface area (Å²) in [5.41, 5.74) is 4.41. The minimum absolute atomic E-state index is 0.775. The van der Waals surface area contributed by atoms with Gasteiger partial charge in [0.15, 0.2) is 11.3 Å². The maximum Gasteiger partial charge on any atom is 0.177 e. The van der Waals surface area contributed by atoms with Gasteiger partial charge in [-0.3, -0.25) is 0 Å². The Labute approximate surface area is 107 Å². The number of hydrogen-bond acceptors (Lipinski definition) is 5. The second-order valence-corrected chi connectivity index (χ2v) is 4.34. The number of thiazole rings is 1. The number of nitrogens with zero attached hydrogens (tertiary/aromatic N) is 4. The third-order valence-electron chi connectivity index (χ3n) is 2.30. The first-order valence-electron chi connectivity index (χ1n) is 5.32. The van der Waals surface area contributed by atoms with Crippen molar-refractivity contribution in [3.05, 3.63) is 48.5 Å². The second-order valence-electron chi connectivity index (χ2n) is 3.45. The first-order chi connectivity index (χ1) is 8.93. The summed E-state index contributed by atoms with van der Waals surface area (Å²) in [4.78, 5) is 19.0. The number of nitrogens with one attached hydrogen (secondary N) is 1. The molecule has 0 radical (unpaired) electrons. The zero-order valence-electron chi connectivity index (χ0n) is 9.32. The Morgan fingerprint density at radius 3 is 2.56 bits per heavy atom. The summed E-state index contributed by atoms with van der Waals surface area (Å²) in [5.74, 6) is 0. The van der Waals surface area contributed by atoms with Crippen molar-refractivity contribution in [1.82, 2.24) is 24.9 Å². The fourth-order valence-electron chi connectivity index (χ4n) is 1.48. The molecular formula is C12H9N5S. The summed E-state index contributed by atoms with van der Waals surface area (Å²) in [7, 11) is 0. The highest BCUT2D eigenvalue weighted by molar-refractivity contribution is 7.16. The third-order valence-corrected chi connectivity index (χ3v) is 3.08. The quantitative estimate of drug-likeness (QED) is 0.524. The molecule has 4 rings (SSSR count). The summed E-state index contributed by atoms with van der Waals surface area (Å²) < 4.78 is 1.15. The van der Waals surface area contributed by atoms with E-state index in [9.17, 15) is 0 Å². The molecule has 0 bridgehead atoms. The standard InChI is InChI=1S/C6H5N3.C6H4N2S/c1-2-5-6(7-3-1)9-4-8-5;1-2-5-6(7-3-1)8-4-9-5/h1-4H,(H,7,8,9);1-4H. The zero-order chi connectivity index (χ0) is 12.2. The number of fused-ring (bicyclic) bond motifs is 2. The molecule has 6 heteroatoms. The number of aromatic amines is 1. The van der Waals surface area contributed by atoms with Crippen molar-refractivity contribution in [2.24, 2.45) is 0 Å². The first kappa shape index (κ1) is 10.8. The number of pyridine rings is 2. The largest absolute Gasteiger partial charge is 0.343 e. The maximum atomic E-state index is 4.04. The molecule has 0 saturated carbocycles. The van der Waals surface area contributed by atoms with Gasteiger partial charge < -0.3 is 4.98 Å². The molecule has 18 heavy (non-hydrogen) atoms. The Balaban J connectivity index is 0.000000111. The van der Waals surface area contributed by atoms with Crippen molar-refractivity contribution in [2.45, 2.75) is 0 Å². The topological polar surface area (TPSA) is 67.3 Å². The molecule has 0 unspecified atom stereocenters. The van der Waals surface area contributed by atoms with E-state index < -0.39 is 0 Å². The van der Waals surface area contributed by atoms with E-state index in [1.54, 1.807) is 35.6 Å². The smallest absolute Gasteiger partial charge is 0.177 e. The summed E-state index contributed by atoms with van der Waals surface area (Å²) in [6, 6.07) is 7.75. The van der Waals surface area contributed by atoms with Crippen LogP contribution in [-0.2, 0) is 0 Å². The van der Waals surface area contributed by atoms with Gasteiger partial charge in [0, 0.05) is 12.4 Å². The van der Waals surface area contributed by atoms with Gasteiger partial charge in [0.1, 0.15) is 0 Å². The first-order valence-corrected chi connectivity index (χ1v) is 6.20. The van der Waals surface area contributed by atoms with Gasteiger partial charge in [-0.2, -0.15) is 0 Å². The van der Waals surface area contributed by atoms with E-state index >= 15 is 0 Å². The van der Waals surface area contributed by atoms with E-state index in [2.05, 4.69) is 24.9 Å². The Bertz CT molecular complexity index is 634. The van der Waals surface area contributed by atoms with Gasteiger partial charge in [-0.05, 0) is 24.3 Å². The maximum absolute atomic E-state index is 4.04. The molecule has 4 aromatic rings. The van der Waals surface area contributed by atoms with Crippen LogP contribution in [0.1, 0.15) is 0 Å². The molecule has 0 aliphatic rings. The summed E-state index contributed by atoms with van der Waals surface area (Å²) in [5, 5.41) is 0. The fraction of sp³-hybridized carbons (Fsp3) is 0. The molecule has 0 atom stereocenters. The van der Waals surface area contributed by atoms with Gasteiger partial charge in [0.05, 0.1) is 22.1 Å². The van der Waals surface area contributed by atoms with E-state index in [0.29, 0.717) is 0 Å². The highest BCUT2D eigenvalue weighted by Gasteiger charge is 1.91. The van der Waals surface area contributed by atoms with Gasteiger partial charge in [-0.1, -0.05) is 0 Å². The minimum atomic E-state index is 0.775. The molecule has 0 aliphatic heterocycles. The van der Waals surface area contributed by atoms with E-state index in [1.807, 2.05) is 24.3 Å². The Morgan fingerprint density at radius 1 is 0.889 bits per heavy atom. The van der Waals surface area contributed by atoms with Crippen LogP contribution in [0.4, 0.5) is 0 Å². The van der Waals surface area contributed by atoms with Crippen molar-refractivity contribution in [3.8, 4) is 0 Å². The summed E-state index contributed by atoms with van der Waals surface area (Å²) in [6.45, 7) is 0. The molecule has 88 valence electrons. The number of imidazole rings is 1. The van der Waals surface area contributed by atoms with E-state index in [0.717, 1.165) is 21.5 Å². The van der Waals surface area contributed by atoms with E-state index in [-0.39, 0.29) is 0 Å². The van der Waals surface area contributed by atoms with Crippen molar-refractivity contribution < 1.29 is 0 Å². The normalized spacial score (nSPS) is 10.2. The molecule has 5 nitrogen and oxygen atoms in total. The van der Waals surface area contributed by atoms with Crippen LogP contribution in [0, 0.1) is 0 Å². The lowest BCUT2D eigenvalue weighted by atomic mass is 10.4. The van der Waals surface area contributed by atoms with Gasteiger partial charge >= 0.3 is 0 Å². The van der Waals surface area contributed by atoms with Crippen LogP contribution in [0.15, 0.2) is 48.5 Å². The van der Waals surface area contributed by atoms with Crippen molar-refractivity contribution >= 4 is 32.8 Å². The van der Waals surface area contributed by atoms with Crippen LogP contribution >= 0.6 is 11.3 Å². The molecule has 0 amide bonds. The number of rotatable bonds is 0. The predicted octanol–water partition coefficient (Wildman–Crippen LogP) is 2.65. The molecule has 0 aliphatic carbocycles. The van der Waals surface area contributed by atoms with Crippen molar-refractivity contribution in [2.75, 3.05) is 0 Å². The van der Waals surface area contributed by atoms with Crippen LogP contribution in [0.3, 0.4) is 0 Å². The monoisotopic (exact) mass is 255 g/mol. The molecule has 0 spiro atoms. The van der Waals surface area contributed by atoms with Crippen molar-refractivity contribution in [1.29, 1.82) is 0 Å². The number of hydrogen-bond donors (Lipinski definition) is 1. The average molecular weight is 255 g/mol. The van der Waals surface area contributed by atoms with E-state index in [1.165, 1.54) is 0 Å². The van der Waals surface area contributed by atoms with Crippen LogP contribution < -0.4 is 0 Å². The molecule has 4 heterocycles. The molecule has 1 N–H and O–H groups in total.